The summed E-state index contributed by atoms with van der Waals surface area (Å²) in [7, 11) is 0. The number of aliphatic hydroxyl groups is 1. The number of likely N-dealkylation sites (tertiary alicyclic amines) is 1. The molecule has 4 heteroatoms. The van der Waals surface area contributed by atoms with E-state index in [9.17, 15) is 9.50 Å². The molecule has 2 rings (SSSR count). The molecule has 1 fully saturated rings. The van der Waals surface area contributed by atoms with Gasteiger partial charge in [0, 0.05) is 25.2 Å². The summed E-state index contributed by atoms with van der Waals surface area (Å²) in [4.78, 5) is 2.00. The zero-order valence-electron chi connectivity index (χ0n) is 10.5. The van der Waals surface area contributed by atoms with Crippen molar-refractivity contribution in [3.8, 4) is 6.07 Å². The summed E-state index contributed by atoms with van der Waals surface area (Å²) >= 11 is 0. The minimum atomic E-state index is -0.599. The molecule has 18 heavy (non-hydrogen) atoms. The van der Waals surface area contributed by atoms with Crippen LogP contribution in [0.15, 0.2) is 18.2 Å². The molecule has 1 saturated heterocycles. The fourth-order valence-electron chi connectivity index (χ4n) is 2.55. The largest absolute Gasteiger partial charge is 0.387 e. The number of halogens is 1. The second kappa shape index (κ2) is 5.05. The van der Waals surface area contributed by atoms with Crippen LogP contribution in [0.1, 0.15) is 30.9 Å². The predicted molar refractivity (Wildman–Crippen MR) is 66.2 cm³/mol. The summed E-state index contributed by atoms with van der Waals surface area (Å²) in [6, 6.07) is 6.69. The van der Waals surface area contributed by atoms with Crippen LogP contribution in [0.4, 0.5) is 4.39 Å². The quantitative estimate of drug-likeness (QED) is 0.887. The number of nitrogens with zero attached hydrogens (tertiary/aromatic N) is 2. The predicted octanol–water partition coefficient (Wildman–Crippen LogP) is 2.04. The van der Waals surface area contributed by atoms with Crippen molar-refractivity contribution in [1.29, 1.82) is 5.26 Å². The lowest BCUT2D eigenvalue weighted by atomic mass is 9.89. The molecule has 1 aliphatic rings. The van der Waals surface area contributed by atoms with Gasteiger partial charge in [0.05, 0.1) is 11.2 Å². The van der Waals surface area contributed by atoms with Crippen molar-refractivity contribution in [3.05, 3.63) is 35.1 Å². The summed E-state index contributed by atoms with van der Waals surface area (Å²) < 4.78 is 13.8. The Morgan fingerprint density at radius 2 is 2.22 bits per heavy atom. The monoisotopic (exact) mass is 248 g/mol. The van der Waals surface area contributed by atoms with Crippen molar-refractivity contribution in [3.63, 3.8) is 0 Å². The molecule has 0 bridgehead atoms. The Bertz CT molecular complexity index is 475. The van der Waals surface area contributed by atoms with Crippen molar-refractivity contribution < 1.29 is 9.50 Å². The van der Waals surface area contributed by atoms with Crippen LogP contribution in [0.25, 0.3) is 0 Å². The molecule has 1 aliphatic heterocycles. The van der Waals surface area contributed by atoms with Gasteiger partial charge in [0.25, 0.3) is 0 Å². The third-order valence-electron chi connectivity index (χ3n) is 3.34. The van der Waals surface area contributed by atoms with Crippen LogP contribution < -0.4 is 0 Å². The molecule has 0 atom stereocenters. The highest BCUT2D eigenvalue weighted by Crippen LogP contribution is 2.28. The molecule has 96 valence electrons. The van der Waals surface area contributed by atoms with E-state index < -0.39 is 11.4 Å². The van der Waals surface area contributed by atoms with Crippen LogP contribution in [-0.4, -0.2) is 28.7 Å². The second-order valence-corrected chi connectivity index (χ2v) is 5.01. The van der Waals surface area contributed by atoms with Crippen LogP contribution in [0.3, 0.4) is 0 Å². The van der Waals surface area contributed by atoms with Crippen molar-refractivity contribution in [2.24, 2.45) is 0 Å². The highest BCUT2D eigenvalue weighted by Gasteiger charge is 2.40. The third kappa shape index (κ3) is 2.53. The van der Waals surface area contributed by atoms with Crippen LogP contribution in [0, 0.1) is 17.1 Å². The van der Waals surface area contributed by atoms with Gasteiger partial charge in [-0.25, -0.2) is 4.39 Å². The Kier molecular flexibility index (Phi) is 3.65. The fraction of sp³-hybridized carbons (Fsp3) is 0.500. The van der Waals surface area contributed by atoms with E-state index in [0.717, 1.165) is 12.8 Å². The first kappa shape index (κ1) is 13.0. The number of benzene rings is 1. The van der Waals surface area contributed by atoms with Crippen molar-refractivity contribution in [2.75, 3.05) is 13.1 Å². The van der Waals surface area contributed by atoms with Gasteiger partial charge < -0.3 is 5.11 Å². The lowest BCUT2D eigenvalue weighted by molar-refractivity contribution is -0.107. The van der Waals surface area contributed by atoms with Crippen molar-refractivity contribution in [2.45, 2.75) is 31.9 Å². The SMILES string of the molecule is CCCC1(O)CN(Cc2cccc(C#N)c2F)C1. The average molecular weight is 248 g/mol. The number of rotatable bonds is 4. The highest BCUT2D eigenvalue weighted by atomic mass is 19.1. The summed E-state index contributed by atoms with van der Waals surface area (Å²) in [6.45, 7) is 3.65. The molecule has 0 radical (unpaired) electrons. The van der Waals surface area contributed by atoms with E-state index in [0.29, 0.717) is 25.2 Å². The van der Waals surface area contributed by atoms with E-state index in [4.69, 9.17) is 5.26 Å². The molecular weight excluding hydrogens is 231 g/mol. The lowest BCUT2D eigenvalue weighted by Crippen LogP contribution is -2.61. The van der Waals surface area contributed by atoms with E-state index in [-0.39, 0.29) is 5.56 Å². The Hall–Kier alpha value is -1.44. The number of β-amino-alcohol motifs (C(OH)–C–C–N with tert-alkyl or cyclic N) is 1. The highest BCUT2D eigenvalue weighted by molar-refractivity contribution is 5.35. The third-order valence-corrected chi connectivity index (χ3v) is 3.34. The molecule has 0 spiro atoms. The van der Waals surface area contributed by atoms with Crippen LogP contribution >= 0.6 is 0 Å². The molecule has 1 heterocycles. The van der Waals surface area contributed by atoms with Crippen LogP contribution in [0.2, 0.25) is 0 Å². The Balaban J connectivity index is 1.99. The normalized spacial score (nSPS) is 18.1. The molecule has 1 N–H and O–H groups in total. The van der Waals surface area contributed by atoms with Crippen LogP contribution in [0.5, 0.6) is 0 Å². The summed E-state index contributed by atoms with van der Waals surface area (Å²) in [5.74, 6) is -0.439. The lowest BCUT2D eigenvalue weighted by Gasteiger charge is -2.46. The average Bonchev–Trinajstić information content (AvgIpc) is 2.30. The van der Waals surface area contributed by atoms with E-state index >= 15 is 0 Å². The second-order valence-electron chi connectivity index (χ2n) is 5.01. The first-order valence-corrected chi connectivity index (χ1v) is 6.20. The summed E-state index contributed by atoms with van der Waals surface area (Å²) in [6.07, 6.45) is 1.73. The van der Waals surface area contributed by atoms with Crippen molar-refractivity contribution in [1.82, 2.24) is 4.90 Å². The molecular formula is C14H17FN2O. The Morgan fingerprint density at radius 3 is 2.83 bits per heavy atom. The maximum atomic E-state index is 13.8. The smallest absolute Gasteiger partial charge is 0.145 e. The van der Waals surface area contributed by atoms with Gasteiger partial charge in [-0.05, 0) is 12.5 Å². The molecule has 1 aromatic carbocycles. The zero-order valence-corrected chi connectivity index (χ0v) is 10.5. The molecule has 0 aromatic heterocycles. The van der Waals surface area contributed by atoms with E-state index in [1.807, 2.05) is 17.9 Å². The van der Waals surface area contributed by atoms with E-state index in [1.54, 1.807) is 12.1 Å². The first-order chi connectivity index (χ1) is 8.58. The minimum absolute atomic E-state index is 0.0804. The molecule has 0 amide bonds. The first-order valence-electron chi connectivity index (χ1n) is 6.20. The van der Waals surface area contributed by atoms with Gasteiger partial charge in [0.2, 0.25) is 0 Å². The molecule has 0 saturated carbocycles. The van der Waals surface area contributed by atoms with Gasteiger partial charge in [-0.1, -0.05) is 25.5 Å². The van der Waals surface area contributed by atoms with Crippen molar-refractivity contribution >= 4 is 0 Å². The van der Waals surface area contributed by atoms with Gasteiger partial charge in [0.1, 0.15) is 11.9 Å². The van der Waals surface area contributed by atoms with Gasteiger partial charge in [-0.3, -0.25) is 4.90 Å². The summed E-state index contributed by atoms with van der Waals surface area (Å²) in [5, 5.41) is 18.8. The molecule has 0 aliphatic carbocycles. The van der Waals surface area contributed by atoms with E-state index in [2.05, 4.69) is 0 Å². The minimum Gasteiger partial charge on any atom is -0.387 e. The maximum Gasteiger partial charge on any atom is 0.145 e. The fourth-order valence-corrected chi connectivity index (χ4v) is 2.55. The molecule has 3 nitrogen and oxygen atoms in total. The molecule has 0 unspecified atom stereocenters. The van der Waals surface area contributed by atoms with Gasteiger partial charge >= 0.3 is 0 Å². The van der Waals surface area contributed by atoms with Gasteiger partial charge in [0.15, 0.2) is 0 Å². The Labute approximate surface area is 106 Å². The number of nitriles is 1. The van der Waals surface area contributed by atoms with Crippen LogP contribution in [-0.2, 0) is 6.54 Å². The standard InChI is InChI=1S/C14H17FN2O/c1-2-6-14(18)9-17(10-14)8-12-5-3-4-11(7-16)13(12)15/h3-5,18H,2,6,8-10H2,1H3. The summed E-state index contributed by atoms with van der Waals surface area (Å²) in [5.41, 5.74) is 0.00219. The van der Waals surface area contributed by atoms with Gasteiger partial charge in [-0.2, -0.15) is 5.26 Å². The zero-order chi connectivity index (χ0) is 13.2. The van der Waals surface area contributed by atoms with Gasteiger partial charge in [-0.15, -0.1) is 0 Å². The van der Waals surface area contributed by atoms with E-state index in [1.165, 1.54) is 6.07 Å². The number of hydrogen-bond acceptors (Lipinski definition) is 3. The topological polar surface area (TPSA) is 47.3 Å². The molecule has 1 aromatic rings. The maximum absolute atomic E-state index is 13.8. The number of hydrogen-bond donors (Lipinski definition) is 1. The Morgan fingerprint density at radius 1 is 1.50 bits per heavy atom.